The van der Waals surface area contributed by atoms with Crippen LogP contribution in [0.25, 0.3) is 10.6 Å². The van der Waals surface area contributed by atoms with Crippen LogP contribution >= 0.6 is 11.3 Å². The zero-order valence-corrected chi connectivity index (χ0v) is 16.6. The predicted octanol–water partition coefficient (Wildman–Crippen LogP) is 3.97. The molecule has 1 amide bonds. The largest absolute Gasteiger partial charge is 0.454 e. The van der Waals surface area contributed by atoms with E-state index in [1.807, 2.05) is 18.2 Å². The van der Waals surface area contributed by atoms with Crippen molar-refractivity contribution in [1.82, 2.24) is 9.88 Å². The van der Waals surface area contributed by atoms with Crippen LogP contribution in [0.1, 0.15) is 16.1 Å². The van der Waals surface area contributed by atoms with Crippen molar-refractivity contribution in [1.29, 1.82) is 0 Å². The number of methoxy groups -OCH3 is 1. The molecule has 8 heteroatoms. The number of hydrogen-bond acceptors (Lipinski definition) is 6. The Morgan fingerprint density at radius 3 is 2.90 bits per heavy atom. The molecule has 0 bridgehead atoms. The second kappa shape index (κ2) is 8.59. The summed E-state index contributed by atoms with van der Waals surface area (Å²) in [6.45, 7) is 1.35. The van der Waals surface area contributed by atoms with E-state index in [9.17, 15) is 9.18 Å². The number of carbonyl (C=O) groups is 1. The average Bonchev–Trinajstić information content (AvgIpc) is 3.40. The van der Waals surface area contributed by atoms with Gasteiger partial charge in [-0.2, -0.15) is 0 Å². The Bertz CT molecular complexity index is 1020. The highest BCUT2D eigenvalue weighted by atomic mass is 32.1. The summed E-state index contributed by atoms with van der Waals surface area (Å²) < 4.78 is 29.9. The molecule has 1 aliphatic rings. The van der Waals surface area contributed by atoms with Crippen molar-refractivity contribution < 1.29 is 23.4 Å². The van der Waals surface area contributed by atoms with Crippen LogP contribution in [0.5, 0.6) is 11.5 Å². The first-order valence-corrected chi connectivity index (χ1v) is 9.91. The van der Waals surface area contributed by atoms with E-state index in [1.165, 1.54) is 17.4 Å². The van der Waals surface area contributed by atoms with Crippen molar-refractivity contribution in [2.24, 2.45) is 0 Å². The number of ether oxygens (including phenoxy) is 3. The third-order valence-corrected chi connectivity index (χ3v) is 5.37. The molecule has 6 nitrogen and oxygen atoms in total. The van der Waals surface area contributed by atoms with Crippen molar-refractivity contribution in [3.05, 3.63) is 64.9 Å². The van der Waals surface area contributed by atoms with Crippen molar-refractivity contribution in [2.75, 3.05) is 27.1 Å². The minimum Gasteiger partial charge on any atom is -0.454 e. The Labute approximate surface area is 171 Å². The van der Waals surface area contributed by atoms with Gasteiger partial charge in [-0.25, -0.2) is 9.37 Å². The second-order valence-electron chi connectivity index (χ2n) is 6.42. The van der Waals surface area contributed by atoms with Gasteiger partial charge in [0.2, 0.25) is 6.79 Å². The molecule has 0 saturated heterocycles. The molecule has 0 atom stereocenters. The highest BCUT2D eigenvalue weighted by Crippen LogP contribution is 2.33. The van der Waals surface area contributed by atoms with E-state index in [4.69, 9.17) is 14.2 Å². The summed E-state index contributed by atoms with van der Waals surface area (Å²) in [5.74, 6) is 0.755. The van der Waals surface area contributed by atoms with Crippen molar-refractivity contribution in [3.8, 4) is 22.1 Å². The lowest BCUT2D eigenvalue weighted by atomic mass is 10.2. The van der Waals surface area contributed by atoms with E-state index in [-0.39, 0.29) is 24.2 Å². The van der Waals surface area contributed by atoms with Crippen LogP contribution in [0, 0.1) is 5.82 Å². The average molecular weight is 414 g/mol. The van der Waals surface area contributed by atoms with Crippen molar-refractivity contribution in [2.45, 2.75) is 6.54 Å². The number of fused-ring (bicyclic) bond motifs is 1. The first kappa shape index (κ1) is 19.4. The predicted molar refractivity (Wildman–Crippen MR) is 107 cm³/mol. The topological polar surface area (TPSA) is 60.9 Å². The minimum absolute atomic E-state index is 0.197. The van der Waals surface area contributed by atoms with E-state index in [1.54, 1.807) is 35.6 Å². The van der Waals surface area contributed by atoms with Gasteiger partial charge in [0.1, 0.15) is 16.5 Å². The summed E-state index contributed by atoms with van der Waals surface area (Å²) in [5, 5.41) is 2.13. The maximum Gasteiger partial charge on any atom is 0.273 e. The van der Waals surface area contributed by atoms with Gasteiger partial charge >= 0.3 is 0 Å². The number of benzene rings is 2. The molecule has 4 rings (SSSR count). The molecule has 0 radical (unpaired) electrons. The number of aromatic nitrogens is 1. The molecule has 29 heavy (non-hydrogen) atoms. The van der Waals surface area contributed by atoms with Crippen LogP contribution in [0.2, 0.25) is 0 Å². The van der Waals surface area contributed by atoms with Gasteiger partial charge in [0.25, 0.3) is 5.91 Å². The Balaban J connectivity index is 1.55. The van der Waals surface area contributed by atoms with Crippen LogP contribution in [0.15, 0.2) is 47.8 Å². The van der Waals surface area contributed by atoms with Gasteiger partial charge in [-0.3, -0.25) is 4.79 Å². The summed E-state index contributed by atoms with van der Waals surface area (Å²) in [4.78, 5) is 19.1. The molecule has 1 aromatic heterocycles. The molecule has 1 aliphatic heterocycles. The Morgan fingerprint density at radius 2 is 2.07 bits per heavy atom. The molecule has 0 spiro atoms. The Kier molecular flexibility index (Phi) is 5.73. The molecule has 0 saturated carbocycles. The lowest BCUT2D eigenvalue weighted by molar-refractivity contribution is 0.0675. The van der Waals surface area contributed by atoms with Gasteiger partial charge in [0, 0.05) is 31.1 Å². The highest BCUT2D eigenvalue weighted by molar-refractivity contribution is 7.13. The zero-order valence-electron chi connectivity index (χ0n) is 15.8. The van der Waals surface area contributed by atoms with Crippen LogP contribution in [-0.2, 0) is 11.3 Å². The monoisotopic (exact) mass is 414 g/mol. The molecule has 2 aromatic carbocycles. The molecule has 0 fully saturated rings. The quantitative estimate of drug-likeness (QED) is 0.586. The van der Waals surface area contributed by atoms with Gasteiger partial charge in [0.15, 0.2) is 11.5 Å². The maximum atomic E-state index is 14.0. The molecule has 3 aromatic rings. The second-order valence-corrected chi connectivity index (χ2v) is 7.28. The van der Waals surface area contributed by atoms with E-state index in [0.29, 0.717) is 41.8 Å². The van der Waals surface area contributed by atoms with Gasteiger partial charge in [0.05, 0.1) is 6.61 Å². The SMILES string of the molecule is COCCN(Cc1ccc2c(c1)OCO2)C(=O)c1csc(-c2ccccc2F)n1. The maximum absolute atomic E-state index is 14.0. The van der Waals surface area contributed by atoms with Gasteiger partial charge < -0.3 is 19.1 Å². The fraction of sp³-hybridized carbons (Fsp3) is 0.238. The molecular weight excluding hydrogens is 395 g/mol. The van der Waals surface area contributed by atoms with Crippen LogP contribution in [-0.4, -0.2) is 42.8 Å². The summed E-state index contributed by atoms with van der Waals surface area (Å²) in [6, 6.07) is 12.0. The third kappa shape index (κ3) is 4.23. The summed E-state index contributed by atoms with van der Waals surface area (Å²) >= 11 is 1.24. The molecule has 0 unspecified atom stereocenters. The zero-order chi connectivity index (χ0) is 20.2. The number of halogens is 1. The number of rotatable bonds is 7. The number of amides is 1. The van der Waals surface area contributed by atoms with Crippen LogP contribution in [0.4, 0.5) is 4.39 Å². The van der Waals surface area contributed by atoms with Crippen molar-refractivity contribution >= 4 is 17.2 Å². The number of thiazole rings is 1. The highest BCUT2D eigenvalue weighted by Gasteiger charge is 2.21. The first-order chi connectivity index (χ1) is 14.2. The molecule has 0 N–H and O–H groups in total. The van der Waals surface area contributed by atoms with Gasteiger partial charge in [-0.05, 0) is 29.8 Å². The Morgan fingerprint density at radius 1 is 1.24 bits per heavy atom. The van der Waals surface area contributed by atoms with Crippen molar-refractivity contribution in [3.63, 3.8) is 0 Å². The lowest BCUT2D eigenvalue weighted by Gasteiger charge is -2.21. The van der Waals surface area contributed by atoms with E-state index in [0.717, 1.165) is 5.56 Å². The lowest BCUT2D eigenvalue weighted by Crippen LogP contribution is -2.33. The van der Waals surface area contributed by atoms with E-state index < -0.39 is 0 Å². The van der Waals surface area contributed by atoms with E-state index >= 15 is 0 Å². The Hall–Kier alpha value is -2.97. The summed E-state index contributed by atoms with van der Waals surface area (Å²) in [6.07, 6.45) is 0. The van der Waals surface area contributed by atoms with Gasteiger partial charge in [-0.15, -0.1) is 11.3 Å². The molecule has 150 valence electrons. The third-order valence-electron chi connectivity index (χ3n) is 4.49. The van der Waals surface area contributed by atoms with Crippen LogP contribution < -0.4 is 9.47 Å². The fourth-order valence-corrected chi connectivity index (χ4v) is 3.83. The molecular formula is C21H19FN2O4S. The number of carbonyl (C=O) groups excluding carboxylic acids is 1. The minimum atomic E-state index is -0.363. The standard InChI is InChI=1S/C21H19FN2O4S/c1-26-9-8-24(11-14-6-7-18-19(10-14)28-13-27-18)21(25)17-12-29-20(23-17)15-4-2-3-5-16(15)22/h2-7,10,12H,8-9,11,13H2,1H3. The summed E-state index contributed by atoms with van der Waals surface area (Å²) in [7, 11) is 1.59. The first-order valence-electron chi connectivity index (χ1n) is 9.03. The van der Waals surface area contributed by atoms with E-state index in [2.05, 4.69) is 4.98 Å². The van der Waals surface area contributed by atoms with Gasteiger partial charge in [-0.1, -0.05) is 18.2 Å². The normalized spacial score (nSPS) is 12.2. The molecule has 0 aliphatic carbocycles. The fourth-order valence-electron chi connectivity index (χ4n) is 3.01. The molecule has 2 heterocycles. The van der Waals surface area contributed by atoms with Crippen LogP contribution in [0.3, 0.4) is 0 Å². The smallest absolute Gasteiger partial charge is 0.273 e. The number of hydrogen-bond donors (Lipinski definition) is 0. The number of nitrogens with zero attached hydrogens (tertiary/aromatic N) is 2. The summed E-state index contributed by atoms with van der Waals surface area (Å²) in [5.41, 5.74) is 1.57.